The van der Waals surface area contributed by atoms with E-state index in [4.69, 9.17) is 14.3 Å². The third-order valence-corrected chi connectivity index (χ3v) is 5.49. The third-order valence-electron chi connectivity index (χ3n) is 4.65. The van der Waals surface area contributed by atoms with E-state index in [0.29, 0.717) is 17.9 Å². The average molecular weight is 431 g/mol. The summed E-state index contributed by atoms with van der Waals surface area (Å²) in [6, 6.07) is 8.32. The van der Waals surface area contributed by atoms with Crippen molar-refractivity contribution in [3.8, 4) is 0 Å². The van der Waals surface area contributed by atoms with E-state index in [1.807, 2.05) is 20.8 Å². The normalized spacial score (nSPS) is 17.9. The number of hydroxylamine groups is 1. The van der Waals surface area contributed by atoms with Gasteiger partial charge < -0.3 is 14.8 Å². The molecule has 0 spiro atoms. The fraction of sp³-hybridized carbons (Fsp3) is 0.333. The molecule has 0 bridgehead atoms. The Morgan fingerprint density at radius 1 is 1.37 bits per heavy atom. The van der Waals surface area contributed by atoms with Gasteiger partial charge in [0.1, 0.15) is 18.5 Å². The Balaban J connectivity index is 1.53. The van der Waals surface area contributed by atoms with Crippen LogP contribution in [-0.2, 0) is 14.3 Å². The second-order valence-corrected chi connectivity index (χ2v) is 8.34. The van der Waals surface area contributed by atoms with Gasteiger partial charge >= 0.3 is 0 Å². The molecule has 0 saturated carbocycles. The second-order valence-electron chi connectivity index (χ2n) is 7.53. The van der Waals surface area contributed by atoms with Gasteiger partial charge in [0.15, 0.2) is 5.79 Å². The Morgan fingerprint density at radius 3 is 2.93 bits per heavy atom. The van der Waals surface area contributed by atoms with E-state index in [-0.39, 0.29) is 18.4 Å². The molecule has 7 nitrogen and oxygen atoms in total. The summed E-state index contributed by atoms with van der Waals surface area (Å²) in [5.74, 6) is -1.52. The maximum Gasteiger partial charge on any atom is 0.277 e. The number of aromatic nitrogens is 1. The summed E-state index contributed by atoms with van der Waals surface area (Å²) in [6.45, 7) is 5.98. The van der Waals surface area contributed by atoms with E-state index in [2.05, 4.69) is 15.2 Å². The van der Waals surface area contributed by atoms with Gasteiger partial charge in [0, 0.05) is 11.6 Å². The van der Waals surface area contributed by atoms with Gasteiger partial charge in [0.05, 0.1) is 28.2 Å². The van der Waals surface area contributed by atoms with Crippen LogP contribution in [0.3, 0.4) is 0 Å². The van der Waals surface area contributed by atoms with Crippen molar-refractivity contribution in [1.82, 2.24) is 9.85 Å². The Bertz CT molecular complexity index is 1090. The average Bonchev–Trinajstić information content (AvgIpc) is 3.30. The zero-order chi connectivity index (χ0) is 21.3. The highest BCUT2D eigenvalue weighted by Gasteiger charge is 2.33. The van der Waals surface area contributed by atoms with Crippen LogP contribution in [0.15, 0.2) is 36.5 Å². The first-order chi connectivity index (χ1) is 14.3. The van der Waals surface area contributed by atoms with Crippen molar-refractivity contribution in [1.29, 1.82) is 0 Å². The number of anilines is 2. The van der Waals surface area contributed by atoms with Crippen molar-refractivity contribution in [2.24, 2.45) is 0 Å². The van der Waals surface area contributed by atoms with E-state index in [9.17, 15) is 9.18 Å². The Kier molecular flexibility index (Phi) is 5.70. The molecule has 0 aliphatic carbocycles. The van der Waals surface area contributed by atoms with Gasteiger partial charge in [-0.05, 0) is 56.1 Å². The number of carbonyl (C=O) groups excluding carboxylic acids is 1. The van der Waals surface area contributed by atoms with Crippen molar-refractivity contribution in [2.45, 2.75) is 32.7 Å². The third kappa shape index (κ3) is 4.44. The van der Waals surface area contributed by atoms with Gasteiger partial charge in [-0.3, -0.25) is 9.63 Å². The number of hydrogen-bond donors (Lipinski definition) is 2. The van der Waals surface area contributed by atoms with Crippen LogP contribution in [-0.4, -0.2) is 35.4 Å². The van der Waals surface area contributed by atoms with Crippen molar-refractivity contribution >= 4 is 38.9 Å². The number of aryl methyl sites for hydroxylation is 1. The minimum Gasteiger partial charge on any atom is -0.351 e. The van der Waals surface area contributed by atoms with Gasteiger partial charge in [-0.25, -0.2) is 9.87 Å². The fourth-order valence-electron chi connectivity index (χ4n) is 3.20. The first-order valence-electron chi connectivity index (χ1n) is 9.47. The number of benzene rings is 2. The molecule has 1 saturated heterocycles. The van der Waals surface area contributed by atoms with Crippen molar-refractivity contribution in [3.63, 3.8) is 0 Å². The number of nitrogens with zero attached hydrogens (tertiary/aromatic N) is 1. The predicted molar refractivity (Wildman–Crippen MR) is 112 cm³/mol. The predicted octanol–water partition coefficient (Wildman–Crippen LogP) is 4.30. The molecule has 1 aliphatic heterocycles. The maximum atomic E-state index is 14.4. The van der Waals surface area contributed by atoms with Gasteiger partial charge in [-0.15, -0.1) is 0 Å². The van der Waals surface area contributed by atoms with Crippen molar-refractivity contribution < 1.29 is 23.5 Å². The van der Waals surface area contributed by atoms with Crippen LogP contribution in [0.25, 0.3) is 10.1 Å². The van der Waals surface area contributed by atoms with E-state index in [1.165, 1.54) is 17.6 Å². The Hall–Kier alpha value is -2.59. The van der Waals surface area contributed by atoms with Crippen molar-refractivity contribution in [3.05, 3.63) is 53.5 Å². The lowest BCUT2D eigenvalue weighted by molar-refractivity contribution is -0.147. The molecule has 2 heterocycles. The quantitative estimate of drug-likeness (QED) is 0.567. The van der Waals surface area contributed by atoms with Crippen LogP contribution in [0.5, 0.6) is 0 Å². The van der Waals surface area contributed by atoms with E-state index >= 15 is 0 Å². The molecule has 3 aromatic rings. The van der Waals surface area contributed by atoms with E-state index < -0.39 is 17.5 Å². The first-order valence-corrected chi connectivity index (χ1v) is 10.2. The van der Waals surface area contributed by atoms with Crippen LogP contribution in [0.4, 0.5) is 15.8 Å². The lowest BCUT2D eigenvalue weighted by Gasteiger charge is -2.17. The zero-order valence-electron chi connectivity index (χ0n) is 16.8. The minimum absolute atomic E-state index is 0.146. The topological polar surface area (TPSA) is 81.7 Å². The number of halogens is 1. The Morgan fingerprint density at radius 2 is 2.20 bits per heavy atom. The van der Waals surface area contributed by atoms with Crippen LogP contribution in [0.2, 0.25) is 0 Å². The SMILES string of the molecule is Cc1ccc(Nc2c(C(=O)NOCC3COC(C)(C)O3)ccc3cnsc23)c(F)c1. The summed E-state index contributed by atoms with van der Waals surface area (Å²) in [5, 5.41) is 3.91. The molecule has 4 rings (SSSR count). The molecule has 1 aliphatic rings. The smallest absolute Gasteiger partial charge is 0.277 e. The highest BCUT2D eigenvalue weighted by Crippen LogP contribution is 2.34. The number of fused-ring (bicyclic) bond motifs is 1. The first kappa shape index (κ1) is 20.7. The molecule has 0 radical (unpaired) electrons. The highest BCUT2D eigenvalue weighted by atomic mass is 32.1. The number of rotatable bonds is 6. The van der Waals surface area contributed by atoms with Gasteiger partial charge in [-0.2, -0.15) is 4.37 Å². The minimum atomic E-state index is -0.662. The molecular weight excluding hydrogens is 409 g/mol. The van der Waals surface area contributed by atoms with E-state index in [1.54, 1.807) is 30.5 Å². The molecule has 1 aromatic heterocycles. The fourth-order valence-corrected chi connectivity index (χ4v) is 3.95. The van der Waals surface area contributed by atoms with Crippen LogP contribution >= 0.6 is 11.5 Å². The summed E-state index contributed by atoms with van der Waals surface area (Å²) in [6.07, 6.45) is 1.43. The number of carbonyl (C=O) groups is 1. The number of ether oxygens (including phenoxy) is 2. The second kappa shape index (κ2) is 8.27. The molecule has 1 amide bonds. The molecule has 1 fully saturated rings. The molecular formula is C21H22FN3O4S. The van der Waals surface area contributed by atoms with Crippen LogP contribution in [0, 0.1) is 12.7 Å². The molecule has 9 heteroatoms. The molecule has 2 aromatic carbocycles. The number of nitrogens with one attached hydrogen (secondary N) is 2. The maximum absolute atomic E-state index is 14.4. The highest BCUT2D eigenvalue weighted by molar-refractivity contribution is 7.14. The van der Waals surface area contributed by atoms with Crippen LogP contribution in [0.1, 0.15) is 29.8 Å². The lowest BCUT2D eigenvalue weighted by Crippen LogP contribution is -2.30. The van der Waals surface area contributed by atoms with Gasteiger partial charge in [-0.1, -0.05) is 12.1 Å². The molecule has 30 heavy (non-hydrogen) atoms. The van der Waals surface area contributed by atoms with E-state index in [0.717, 1.165) is 15.6 Å². The summed E-state index contributed by atoms with van der Waals surface area (Å²) < 4.78 is 30.5. The summed E-state index contributed by atoms with van der Waals surface area (Å²) in [7, 11) is 0. The summed E-state index contributed by atoms with van der Waals surface area (Å²) >= 11 is 1.23. The molecule has 158 valence electrons. The zero-order valence-corrected chi connectivity index (χ0v) is 17.6. The summed E-state index contributed by atoms with van der Waals surface area (Å²) in [4.78, 5) is 18.2. The number of hydrogen-bond acceptors (Lipinski definition) is 7. The summed E-state index contributed by atoms with van der Waals surface area (Å²) in [5.41, 5.74) is 4.30. The molecule has 1 unspecified atom stereocenters. The van der Waals surface area contributed by atoms with Gasteiger partial charge in [0.2, 0.25) is 0 Å². The molecule has 2 N–H and O–H groups in total. The Labute approximate surface area is 177 Å². The van der Waals surface area contributed by atoms with Gasteiger partial charge in [0.25, 0.3) is 5.91 Å². The van der Waals surface area contributed by atoms with Crippen LogP contribution < -0.4 is 10.8 Å². The monoisotopic (exact) mass is 431 g/mol. The van der Waals surface area contributed by atoms with Crippen molar-refractivity contribution in [2.75, 3.05) is 18.5 Å². The number of amides is 1. The standard InChI is InChI=1S/C21H22FN3O4S/c1-12-4-7-17(16(22)8-12)24-18-15(6-5-13-9-23-30-19(13)18)20(26)25-28-11-14-10-27-21(2,3)29-14/h4-9,14,24H,10-11H2,1-3H3,(H,25,26). The molecule has 1 atom stereocenters. The largest absolute Gasteiger partial charge is 0.351 e. The lowest BCUT2D eigenvalue weighted by atomic mass is 10.1.